The van der Waals surface area contributed by atoms with Gasteiger partial charge < -0.3 is 10.4 Å². The van der Waals surface area contributed by atoms with E-state index < -0.39 is 0 Å². The number of aliphatic hydroxyl groups excluding tert-OH is 1. The van der Waals surface area contributed by atoms with E-state index in [1.54, 1.807) is 22.5 Å². The molecule has 0 saturated heterocycles. The first-order valence-electron chi connectivity index (χ1n) is 6.07. The highest BCUT2D eigenvalue weighted by Crippen LogP contribution is 2.07. The maximum absolute atomic E-state index is 12.1. The molecule has 0 spiro atoms. The molecule has 0 fully saturated rings. The van der Waals surface area contributed by atoms with Crippen LogP contribution in [0.15, 0.2) is 6.07 Å². The summed E-state index contributed by atoms with van der Waals surface area (Å²) in [5, 5.41) is 16.2. The highest BCUT2D eigenvalue weighted by Gasteiger charge is 2.17. The SMILES string of the molecule is CCn1nc(C)cc1C(=O)NC(CCO)CSC. The van der Waals surface area contributed by atoms with Crippen molar-refractivity contribution in [2.45, 2.75) is 32.9 Å². The van der Waals surface area contributed by atoms with Crippen molar-refractivity contribution in [2.75, 3.05) is 18.6 Å². The molecule has 1 aromatic rings. The minimum absolute atomic E-state index is 0.00184. The van der Waals surface area contributed by atoms with E-state index in [0.29, 0.717) is 18.7 Å². The second-order valence-corrected chi connectivity index (χ2v) is 5.04. The summed E-state index contributed by atoms with van der Waals surface area (Å²) in [7, 11) is 0. The van der Waals surface area contributed by atoms with Crippen molar-refractivity contribution in [3.63, 3.8) is 0 Å². The van der Waals surface area contributed by atoms with Crippen LogP contribution in [-0.2, 0) is 6.54 Å². The van der Waals surface area contributed by atoms with Gasteiger partial charge in [-0.3, -0.25) is 9.48 Å². The summed E-state index contributed by atoms with van der Waals surface area (Å²) in [5.74, 6) is 0.677. The van der Waals surface area contributed by atoms with Gasteiger partial charge in [-0.1, -0.05) is 0 Å². The maximum atomic E-state index is 12.1. The first-order chi connectivity index (χ1) is 8.62. The minimum Gasteiger partial charge on any atom is -0.396 e. The minimum atomic E-state index is -0.120. The van der Waals surface area contributed by atoms with E-state index in [2.05, 4.69) is 10.4 Å². The Hall–Kier alpha value is -1.01. The molecule has 0 bridgehead atoms. The molecule has 18 heavy (non-hydrogen) atoms. The van der Waals surface area contributed by atoms with Gasteiger partial charge in [-0.15, -0.1) is 0 Å². The largest absolute Gasteiger partial charge is 0.396 e. The number of carbonyl (C=O) groups excluding carboxylic acids is 1. The summed E-state index contributed by atoms with van der Waals surface area (Å²) in [5.41, 5.74) is 1.42. The van der Waals surface area contributed by atoms with Crippen molar-refractivity contribution in [1.29, 1.82) is 0 Å². The van der Waals surface area contributed by atoms with Crippen molar-refractivity contribution in [3.8, 4) is 0 Å². The molecular formula is C12H21N3O2S. The van der Waals surface area contributed by atoms with Crippen molar-refractivity contribution >= 4 is 17.7 Å². The Kier molecular flexibility index (Phi) is 6.21. The number of hydrogen-bond donors (Lipinski definition) is 2. The monoisotopic (exact) mass is 271 g/mol. The summed E-state index contributed by atoms with van der Waals surface area (Å²) in [6.07, 6.45) is 2.56. The van der Waals surface area contributed by atoms with E-state index in [0.717, 1.165) is 11.4 Å². The highest BCUT2D eigenvalue weighted by molar-refractivity contribution is 7.98. The molecule has 1 rings (SSSR count). The number of nitrogens with one attached hydrogen (secondary N) is 1. The molecule has 102 valence electrons. The topological polar surface area (TPSA) is 67.2 Å². The van der Waals surface area contributed by atoms with Crippen LogP contribution < -0.4 is 5.32 Å². The summed E-state index contributed by atoms with van der Waals surface area (Å²) >= 11 is 1.65. The molecule has 0 aliphatic rings. The lowest BCUT2D eigenvalue weighted by molar-refractivity contribution is 0.0924. The normalized spacial score (nSPS) is 12.4. The first kappa shape index (κ1) is 15.0. The second kappa shape index (κ2) is 7.43. The first-order valence-corrected chi connectivity index (χ1v) is 7.46. The summed E-state index contributed by atoms with van der Waals surface area (Å²) in [6, 6.07) is 1.78. The molecule has 0 aromatic carbocycles. The standard InChI is InChI=1S/C12H21N3O2S/c1-4-15-11(7-9(2)14-15)12(17)13-10(5-6-16)8-18-3/h7,10,16H,4-6,8H2,1-3H3,(H,13,17). The quantitative estimate of drug-likeness (QED) is 0.778. The van der Waals surface area contributed by atoms with Gasteiger partial charge in [-0.25, -0.2) is 0 Å². The zero-order chi connectivity index (χ0) is 13.5. The predicted octanol–water partition coefficient (Wildman–Crippen LogP) is 1.06. The predicted molar refractivity (Wildman–Crippen MR) is 74.0 cm³/mol. The van der Waals surface area contributed by atoms with Crippen LogP contribution >= 0.6 is 11.8 Å². The number of thioether (sulfide) groups is 1. The Labute approximate surface area is 112 Å². The Balaban J connectivity index is 2.73. The molecule has 0 aliphatic carbocycles. The lowest BCUT2D eigenvalue weighted by Crippen LogP contribution is -2.38. The summed E-state index contributed by atoms with van der Waals surface area (Å²) < 4.78 is 1.69. The van der Waals surface area contributed by atoms with E-state index in [1.165, 1.54) is 0 Å². The molecular weight excluding hydrogens is 250 g/mol. The van der Waals surface area contributed by atoms with Crippen molar-refractivity contribution in [3.05, 3.63) is 17.5 Å². The molecule has 1 unspecified atom stereocenters. The van der Waals surface area contributed by atoms with Crippen molar-refractivity contribution in [2.24, 2.45) is 0 Å². The van der Waals surface area contributed by atoms with E-state index in [-0.39, 0.29) is 18.6 Å². The average Bonchev–Trinajstić information content (AvgIpc) is 2.71. The third kappa shape index (κ3) is 4.03. The number of amides is 1. The van der Waals surface area contributed by atoms with Crippen LogP contribution in [0.4, 0.5) is 0 Å². The Morgan fingerprint density at radius 3 is 2.94 bits per heavy atom. The van der Waals surface area contributed by atoms with Gasteiger partial charge in [0.2, 0.25) is 0 Å². The Morgan fingerprint density at radius 1 is 1.67 bits per heavy atom. The van der Waals surface area contributed by atoms with Gasteiger partial charge >= 0.3 is 0 Å². The summed E-state index contributed by atoms with van der Waals surface area (Å²) in [6.45, 7) is 4.58. The van der Waals surface area contributed by atoms with Crippen molar-refractivity contribution < 1.29 is 9.90 Å². The van der Waals surface area contributed by atoms with Crippen LogP contribution in [0, 0.1) is 6.92 Å². The van der Waals surface area contributed by atoms with E-state index >= 15 is 0 Å². The second-order valence-electron chi connectivity index (χ2n) is 4.12. The number of aliphatic hydroxyl groups is 1. The van der Waals surface area contributed by atoms with Crippen LogP contribution in [-0.4, -0.2) is 45.5 Å². The Bertz CT molecular complexity index is 387. The third-order valence-electron chi connectivity index (χ3n) is 2.61. The number of aromatic nitrogens is 2. The Morgan fingerprint density at radius 2 is 2.39 bits per heavy atom. The average molecular weight is 271 g/mol. The smallest absolute Gasteiger partial charge is 0.269 e. The van der Waals surface area contributed by atoms with E-state index in [4.69, 9.17) is 5.11 Å². The molecule has 5 nitrogen and oxygen atoms in total. The molecule has 0 aliphatic heterocycles. The molecule has 1 atom stereocenters. The number of hydrogen-bond acceptors (Lipinski definition) is 4. The highest BCUT2D eigenvalue weighted by atomic mass is 32.2. The van der Waals surface area contributed by atoms with Gasteiger partial charge in [0.05, 0.1) is 5.69 Å². The van der Waals surface area contributed by atoms with Gasteiger partial charge in [0, 0.05) is 24.9 Å². The van der Waals surface area contributed by atoms with Gasteiger partial charge in [0.1, 0.15) is 5.69 Å². The molecule has 1 aromatic heterocycles. The third-order valence-corrected chi connectivity index (χ3v) is 3.35. The fraction of sp³-hybridized carbons (Fsp3) is 0.667. The fourth-order valence-corrected chi connectivity index (χ4v) is 2.44. The molecule has 2 N–H and O–H groups in total. The van der Waals surface area contributed by atoms with Gasteiger partial charge in [-0.05, 0) is 32.6 Å². The van der Waals surface area contributed by atoms with Crippen LogP contribution in [0.25, 0.3) is 0 Å². The van der Waals surface area contributed by atoms with Gasteiger partial charge in [0.25, 0.3) is 5.91 Å². The zero-order valence-corrected chi connectivity index (χ0v) is 12.0. The van der Waals surface area contributed by atoms with Crippen LogP contribution in [0.1, 0.15) is 29.5 Å². The zero-order valence-electron chi connectivity index (χ0n) is 11.1. The van der Waals surface area contributed by atoms with Crippen LogP contribution in [0.5, 0.6) is 0 Å². The number of rotatable bonds is 7. The molecule has 0 saturated carbocycles. The van der Waals surface area contributed by atoms with Gasteiger partial charge in [0.15, 0.2) is 0 Å². The summed E-state index contributed by atoms with van der Waals surface area (Å²) in [4.78, 5) is 12.1. The van der Waals surface area contributed by atoms with E-state index in [9.17, 15) is 4.79 Å². The lowest BCUT2D eigenvalue weighted by atomic mass is 10.2. The molecule has 6 heteroatoms. The number of carbonyl (C=O) groups is 1. The van der Waals surface area contributed by atoms with Crippen LogP contribution in [0.3, 0.4) is 0 Å². The number of aryl methyl sites for hydroxylation is 2. The van der Waals surface area contributed by atoms with Gasteiger partial charge in [-0.2, -0.15) is 16.9 Å². The molecule has 1 amide bonds. The van der Waals surface area contributed by atoms with Crippen LogP contribution in [0.2, 0.25) is 0 Å². The fourth-order valence-electron chi connectivity index (χ4n) is 1.78. The number of nitrogens with zero attached hydrogens (tertiary/aromatic N) is 2. The lowest BCUT2D eigenvalue weighted by Gasteiger charge is -2.16. The van der Waals surface area contributed by atoms with Crippen molar-refractivity contribution in [1.82, 2.24) is 15.1 Å². The molecule has 1 heterocycles. The van der Waals surface area contributed by atoms with E-state index in [1.807, 2.05) is 20.1 Å². The molecule has 0 radical (unpaired) electrons. The maximum Gasteiger partial charge on any atom is 0.269 e.